The smallest absolute Gasteiger partial charge is 0.130 e. The van der Waals surface area contributed by atoms with Crippen LogP contribution in [0, 0.1) is 5.53 Å². The highest BCUT2D eigenvalue weighted by atomic mass is 16.5. The molecule has 0 radical (unpaired) electrons. The van der Waals surface area contributed by atoms with Crippen LogP contribution < -0.4 is 4.74 Å². The highest BCUT2D eigenvalue weighted by Gasteiger charge is 2.01. The number of rotatable bonds is 5. The summed E-state index contributed by atoms with van der Waals surface area (Å²) in [4.78, 5) is 7.62. The summed E-state index contributed by atoms with van der Waals surface area (Å²) in [5.41, 5.74) is 10.6. The number of methoxy groups -OCH3 is 1. The van der Waals surface area contributed by atoms with Crippen LogP contribution in [0.4, 0.5) is 5.69 Å². The van der Waals surface area contributed by atoms with Gasteiger partial charge in [0.1, 0.15) is 11.6 Å². The molecule has 0 fully saturated rings. The number of imidazole rings is 1. The molecule has 0 aliphatic rings. The van der Waals surface area contributed by atoms with Crippen LogP contribution >= 0.6 is 0 Å². The lowest BCUT2D eigenvalue weighted by Gasteiger charge is -1.99. The van der Waals surface area contributed by atoms with Gasteiger partial charge in [-0.1, -0.05) is 30.3 Å². The summed E-state index contributed by atoms with van der Waals surface area (Å²) in [5.74, 6) is 1.62. The third kappa shape index (κ3) is 3.52. The van der Waals surface area contributed by atoms with Crippen LogP contribution in [-0.4, -0.2) is 17.1 Å². The first-order valence-corrected chi connectivity index (χ1v) is 7.13. The zero-order chi connectivity index (χ0) is 16.1. The van der Waals surface area contributed by atoms with Crippen molar-refractivity contribution in [1.82, 2.24) is 9.97 Å². The number of nitrogens with zero attached hydrogens (tertiary/aromatic N) is 2. The molecule has 0 amide bonds. The molecule has 1 aromatic heterocycles. The van der Waals surface area contributed by atoms with Crippen LogP contribution in [0.5, 0.6) is 5.75 Å². The fraction of sp³-hybridized carbons (Fsp3) is 0.0556. The minimum Gasteiger partial charge on any atom is -0.497 e. The number of aromatic nitrogens is 2. The first kappa shape index (κ1) is 14.7. The lowest BCUT2D eigenvalue weighted by atomic mass is 10.1. The molecule has 2 aromatic carbocycles. The normalized spacial score (nSPS) is 10.8. The van der Waals surface area contributed by atoms with Gasteiger partial charge in [-0.05, 0) is 41.5 Å². The lowest BCUT2D eigenvalue weighted by Crippen LogP contribution is -1.81. The van der Waals surface area contributed by atoms with E-state index in [0.717, 1.165) is 28.4 Å². The Bertz CT molecular complexity index is 817. The van der Waals surface area contributed by atoms with Crippen molar-refractivity contribution >= 4 is 17.8 Å². The first-order chi connectivity index (χ1) is 11.3. The molecule has 0 unspecified atom stereocenters. The molecule has 0 bridgehead atoms. The number of benzene rings is 2. The zero-order valence-electron chi connectivity index (χ0n) is 12.7. The largest absolute Gasteiger partial charge is 0.497 e. The van der Waals surface area contributed by atoms with Gasteiger partial charge in [-0.2, -0.15) is 5.11 Å². The maximum absolute atomic E-state index is 6.97. The Morgan fingerprint density at radius 3 is 2.43 bits per heavy atom. The molecular weight excluding hydrogens is 288 g/mol. The number of nitrogens with one attached hydrogen (secondary N) is 2. The molecule has 0 spiro atoms. The SMILES string of the molecule is COc1ccc(C=Cc2ncc(-c3ccc(N=N)cc3)[nH]2)cc1. The second-order valence-electron chi connectivity index (χ2n) is 4.95. The van der Waals surface area contributed by atoms with E-state index in [9.17, 15) is 0 Å². The summed E-state index contributed by atoms with van der Waals surface area (Å²) in [6, 6.07) is 15.3. The zero-order valence-corrected chi connectivity index (χ0v) is 12.7. The van der Waals surface area contributed by atoms with Crippen LogP contribution in [0.2, 0.25) is 0 Å². The van der Waals surface area contributed by atoms with E-state index in [4.69, 9.17) is 10.3 Å². The van der Waals surface area contributed by atoms with Crippen molar-refractivity contribution < 1.29 is 4.74 Å². The summed E-state index contributed by atoms with van der Waals surface area (Å²) < 4.78 is 5.14. The average molecular weight is 304 g/mol. The van der Waals surface area contributed by atoms with Gasteiger partial charge in [-0.25, -0.2) is 10.5 Å². The average Bonchev–Trinajstić information content (AvgIpc) is 3.09. The second kappa shape index (κ2) is 6.70. The summed E-state index contributed by atoms with van der Waals surface area (Å²) in [6.07, 6.45) is 5.71. The molecule has 5 heteroatoms. The van der Waals surface area contributed by atoms with Gasteiger partial charge in [0.2, 0.25) is 0 Å². The molecule has 114 valence electrons. The van der Waals surface area contributed by atoms with Crippen LogP contribution in [-0.2, 0) is 0 Å². The third-order valence-corrected chi connectivity index (χ3v) is 3.45. The molecule has 0 saturated heterocycles. The third-order valence-electron chi connectivity index (χ3n) is 3.45. The predicted molar refractivity (Wildman–Crippen MR) is 90.8 cm³/mol. The van der Waals surface area contributed by atoms with Crippen molar-refractivity contribution in [1.29, 1.82) is 5.53 Å². The minimum absolute atomic E-state index is 0.632. The van der Waals surface area contributed by atoms with Gasteiger partial charge in [-0.3, -0.25) is 0 Å². The number of hydrogen-bond acceptors (Lipinski definition) is 4. The fourth-order valence-electron chi connectivity index (χ4n) is 2.17. The molecule has 5 nitrogen and oxygen atoms in total. The molecule has 0 aliphatic heterocycles. The summed E-state index contributed by atoms with van der Waals surface area (Å²) in [5, 5.41) is 3.39. The molecule has 0 atom stereocenters. The number of aromatic amines is 1. The van der Waals surface area contributed by atoms with E-state index in [2.05, 4.69) is 15.1 Å². The minimum atomic E-state index is 0.632. The molecular formula is C18H16N4O. The summed E-state index contributed by atoms with van der Waals surface area (Å²) in [7, 11) is 1.65. The highest BCUT2D eigenvalue weighted by Crippen LogP contribution is 2.21. The molecule has 0 aliphatic carbocycles. The van der Waals surface area contributed by atoms with Crippen LogP contribution in [0.25, 0.3) is 23.4 Å². The Morgan fingerprint density at radius 1 is 1.04 bits per heavy atom. The van der Waals surface area contributed by atoms with E-state index in [1.807, 2.05) is 48.6 Å². The summed E-state index contributed by atoms with van der Waals surface area (Å²) >= 11 is 0. The van der Waals surface area contributed by atoms with Crippen LogP contribution in [0.1, 0.15) is 11.4 Å². The standard InChI is InChI=1S/C18H16N4O/c1-23-16-9-2-13(3-10-16)4-11-18-20-12-17(21-18)14-5-7-15(22-19)8-6-14/h2-12,19H,1H3,(H,20,21). The molecule has 3 aromatic rings. The van der Waals surface area contributed by atoms with Gasteiger partial charge in [0.05, 0.1) is 24.7 Å². The molecule has 23 heavy (non-hydrogen) atoms. The Hall–Kier alpha value is -3.21. The monoisotopic (exact) mass is 304 g/mol. The van der Waals surface area contributed by atoms with Gasteiger partial charge >= 0.3 is 0 Å². The van der Waals surface area contributed by atoms with E-state index in [1.54, 1.807) is 25.4 Å². The van der Waals surface area contributed by atoms with Crippen molar-refractivity contribution in [2.24, 2.45) is 5.11 Å². The van der Waals surface area contributed by atoms with E-state index in [1.165, 1.54) is 0 Å². The van der Waals surface area contributed by atoms with Crippen molar-refractivity contribution in [3.05, 3.63) is 66.1 Å². The maximum atomic E-state index is 6.97. The Morgan fingerprint density at radius 2 is 1.78 bits per heavy atom. The quantitative estimate of drug-likeness (QED) is 0.657. The molecule has 1 heterocycles. The Labute approximate surface area is 134 Å². The molecule has 0 saturated carbocycles. The van der Waals surface area contributed by atoms with Gasteiger partial charge in [0.15, 0.2) is 0 Å². The number of ether oxygens (including phenoxy) is 1. The fourth-order valence-corrected chi connectivity index (χ4v) is 2.17. The Balaban J connectivity index is 1.75. The van der Waals surface area contributed by atoms with E-state index in [-0.39, 0.29) is 0 Å². The van der Waals surface area contributed by atoms with Gasteiger partial charge in [0.25, 0.3) is 0 Å². The van der Waals surface area contributed by atoms with E-state index < -0.39 is 0 Å². The second-order valence-corrected chi connectivity index (χ2v) is 4.95. The predicted octanol–water partition coefficient (Wildman–Crippen LogP) is 4.92. The van der Waals surface area contributed by atoms with Crippen molar-refractivity contribution in [3.63, 3.8) is 0 Å². The van der Waals surface area contributed by atoms with E-state index in [0.29, 0.717) is 5.69 Å². The number of H-pyrrole nitrogens is 1. The van der Waals surface area contributed by atoms with Gasteiger partial charge in [-0.15, -0.1) is 0 Å². The van der Waals surface area contributed by atoms with Crippen LogP contribution in [0.3, 0.4) is 0 Å². The summed E-state index contributed by atoms with van der Waals surface area (Å²) in [6.45, 7) is 0. The van der Waals surface area contributed by atoms with Crippen molar-refractivity contribution in [2.75, 3.05) is 7.11 Å². The van der Waals surface area contributed by atoms with Gasteiger partial charge in [0, 0.05) is 0 Å². The Kier molecular flexibility index (Phi) is 4.29. The topological polar surface area (TPSA) is 74.1 Å². The number of hydrogen-bond donors (Lipinski definition) is 2. The van der Waals surface area contributed by atoms with Crippen LogP contribution in [0.15, 0.2) is 59.8 Å². The van der Waals surface area contributed by atoms with Crippen molar-refractivity contribution in [3.8, 4) is 17.0 Å². The first-order valence-electron chi connectivity index (χ1n) is 7.13. The highest BCUT2D eigenvalue weighted by molar-refractivity contribution is 5.69. The maximum Gasteiger partial charge on any atom is 0.130 e. The molecule has 3 rings (SSSR count). The van der Waals surface area contributed by atoms with Crippen molar-refractivity contribution in [2.45, 2.75) is 0 Å². The lowest BCUT2D eigenvalue weighted by molar-refractivity contribution is 0.415. The van der Waals surface area contributed by atoms with E-state index >= 15 is 0 Å². The molecule has 2 N–H and O–H groups in total. The van der Waals surface area contributed by atoms with Gasteiger partial charge < -0.3 is 9.72 Å².